The first-order valence-corrected chi connectivity index (χ1v) is 8.92. The van der Waals surface area contributed by atoms with Crippen molar-refractivity contribution in [3.63, 3.8) is 0 Å². The fourth-order valence-electron chi connectivity index (χ4n) is 2.76. The number of aliphatic imine (C=N–C) groups is 1. The average molecular weight is 294 g/mol. The number of allylic oxidation sites excluding steroid dienone is 2. The van der Waals surface area contributed by atoms with Gasteiger partial charge in [-0.15, -0.1) is 0 Å². The third-order valence-corrected chi connectivity index (χ3v) is 4.06. The minimum absolute atomic E-state index is 0.241. The molecular formula is C18H34N2O. The second kappa shape index (κ2) is 12.9. The van der Waals surface area contributed by atoms with E-state index in [9.17, 15) is 0 Å². The highest BCUT2D eigenvalue weighted by molar-refractivity contribution is 5.83. The molecule has 1 heterocycles. The molecule has 1 rings (SSSR count). The molecule has 0 aromatic carbocycles. The zero-order valence-electron chi connectivity index (χ0n) is 13.9. The van der Waals surface area contributed by atoms with E-state index in [4.69, 9.17) is 5.11 Å². The Labute approximate surface area is 131 Å². The first-order chi connectivity index (χ1) is 10.4. The molecule has 0 bridgehead atoms. The van der Waals surface area contributed by atoms with Gasteiger partial charge in [0.2, 0.25) is 0 Å². The van der Waals surface area contributed by atoms with E-state index in [-0.39, 0.29) is 6.61 Å². The Kier molecular flexibility index (Phi) is 11.2. The molecule has 21 heavy (non-hydrogen) atoms. The van der Waals surface area contributed by atoms with Gasteiger partial charge in [-0.1, -0.05) is 51.2 Å². The molecule has 3 nitrogen and oxygen atoms in total. The molecule has 0 saturated carbocycles. The van der Waals surface area contributed by atoms with Gasteiger partial charge in [-0.2, -0.15) is 0 Å². The fourth-order valence-corrected chi connectivity index (χ4v) is 2.76. The van der Waals surface area contributed by atoms with E-state index < -0.39 is 0 Å². The first kappa shape index (κ1) is 18.2. The van der Waals surface area contributed by atoms with Crippen molar-refractivity contribution >= 4 is 5.84 Å². The minimum atomic E-state index is 0.241. The standard InChI is InChI=1S/C18H34N2O/c1-2-3-4-5-6-7-8-9-10-11-12-13-18-19-14-15-20(18)16-17-21/h5-6,21H,2-4,7-17H2,1H3/b6-5+. The van der Waals surface area contributed by atoms with Gasteiger partial charge in [-0.05, 0) is 25.7 Å². The third-order valence-electron chi connectivity index (χ3n) is 4.06. The molecule has 0 fully saturated rings. The number of unbranched alkanes of at least 4 members (excludes halogenated alkanes) is 7. The van der Waals surface area contributed by atoms with Gasteiger partial charge in [-0.3, -0.25) is 4.99 Å². The lowest BCUT2D eigenvalue weighted by Crippen LogP contribution is -2.30. The van der Waals surface area contributed by atoms with Gasteiger partial charge < -0.3 is 10.0 Å². The van der Waals surface area contributed by atoms with E-state index in [0.717, 1.165) is 26.1 Å². The molecule has 0 atom stereocenters. The average Bonchev–Trinajstić information content (AvgIpc) is 2.92. The molecule has 1 aliphatic rings. The molecule has 0 aliphatic carbocycles. The maximum atomic E-state index is 9.00. The number of nitrogens with zero attached hydrogens (tertiary/aromatic N) is 2. The van der Waals surface area contributed by atoms with Crippen molar-refractivity contribution in [2.75, 3.05) is 26.2 Å². The van der Waals surface area contributed by atoms with Crippen molar-refractivity contribution in [1.82, 2.24) is 4.90 Å². The highest BCUT2D eigenvalue weighted by atomic mass is 16.3. The van der Waals surface area contributed by atoms with Gasteiger partial charge in [0, 0.05) is 19.5 Å². The molecule has 0 unspecified atom stereocenters. The highest BCUT2D eigenvalue weighted by Gasteiger charge is 2.14. The lowest BCUT2D eigenvalue weighted by molar-refractivity contribution is 0.255. The molecule has 0 aromatic rings. The topological polar surface area (TPSA) is 35.8 Å². The summed E-state index contributed by atoms with van der Waals surface area (Å²) >= 11 is 0. The van der Waals surface area contributed by atoms with Gasteiger partial charge in [0.1, 0.15) is 0 Å². The Bertz CT molecular complexity index is 300. The summed E-state index contributed by atoms with van der Waals surface area (Å²) in [6.45, 7) is 5.15. The van der Waals surface area contributed by atoms with Crippen molar-refractivity contribution in [2.24, 2.45) is 4.99 Å². The van der Waals surface area contributed by atoms with E-state index in [2.05, 4.69) is 29.0 Å². The summed E-state index contributed by atoms with van der Waals surface area (Å²) in [5.74, 6) is 1.22. The Hall–Kier alpha value is -0.830. The van der Waals surface area contributed by atoms with Crippen LogP contribution in [-0.2, 0) is 0 Å². The van der Waals surface area contributed by atoms with E-state index in [1.807, 2.05) is 0 Å². The summed E-state index contributed by atoms with van der Waals surface area (Å²) in [6, 6.07) is 0. The summed E-state index contributed by atoms with van der Waals surface area (Å²) in [5, 5.41) is 9.00. The summed E-state index contributed by atoms with van der Waals surface area (Å²) < 4.78 is 0. The maximum absolute atomic E-state index is 9.00. The van der Waals surface area contributed by atoms with Gasteiger partial charge >= 0.3 is 0 Å². The largest absolute Gasteiger partial charge is 0.395 e. The van der Waals surface area contributed by atoms with Crippen LogP contribution in [0.2, 0.25) is 0 Å². The van der Waals surface area contributed by atoms with Crippen LogP contribution in [-0.4, -0.2) is 42.1 Å². The molecule has 1 aliphatic heterocycles. The van der Waals surface area contributed by atoms with Crippen LogP contribution in [0.4, 0.5) is 0 Å². The van der Waals surface area contributed by atoms with Crippen LogP contribution in [0.25, 0.3) is 0 Å². The van der Waals surface area contributed by atoms with E-state index in [0.29, 0.717) is 0 Å². The number of β-amino-alcohol motifs (C(OH)–C–C–N with tert-alkyl or cyclic N) is 1. The number of hydrogen-bond donors (Lipinski definition) is 1. The third kappa shape index (κ3) is 8.92. The lowest BCUT2D eigenvalue weighted by Gasteiger charge is -2.18. The summed E-state index contributed by atoms with van der Waals surface area (Å²) in [5.41, 5.74) is 0. The molecule has 0 aromatic heterocycles. The molecule has 0 radical (unpaired) electrons. The van der Waals surface area contributed by atoms with Crippen LogP contribution in [0.3, 0.4) is 0 Å². The molecule has 0 amide bonds. The zero-order valence-corrected chi connectivity index (χ0v) is 13.9. The highest BCUT2D eigenvalue weighted by Crippen LogP contribution is 2.12. The number of amidine groups is 1. The fraction of sp³-hybridized carbons (Fsp3) is 0.833. The summed E-state index contributed by atoms with van der Waals surface area (Å²) in [7, 11) is 0. The zero-order chi connectivity index (χ0) is 15.2. The minimum Gasteiger partial charge on any atom is -0.395 e. The number of aliphatic hydroxyl groups is 1. The van der Waals surface area contributed by atoms with E-state index in [1.54, 1.807) is 0 Å². The summed E-state index contributed by atoms with van der Waals surface area (Å²) in [4.78, 5) is 6.78. The molecule has 0 spiro atoms. The molecule has 1 N–H and O–H groups in total. The molecule has 0 saturated heterocycles. The van der Waals surface area contributed by atoms with Gasteiger partial charge in [0.15, 0.2) is 0 Å². The second-order valence-electron chi connectivity index (χ2n) is 5.93. The van der Waals surface area contributed by atoms with Crippen molar-refractivity contribution < 1.29 is 5.11 Å². The SMILES string of the molecule is CCCC/C=C/CCCCCCCC1=NCCN1CCO. The predicted octanol–water partition coefficient (Wildman–Crippen LogP) is 4.17. The Morgan fingerprint density at radius 1 is 1.05 bits per heavy atom. The number of rotatable bonds is 13. The first-order valence-electron chi connectivity index (χ1n) is 8.92. The normalized spacial score (nSPS) is 15.1. The maximum Gasteiger partial charge on any atom is 0.0991 e. The van der Waals surface area contributed by atoms with Crippen molar-refractivity contribution in [3.05, 3.63) is 12.2 Å². The van der Waals surface area contributed by atoms with Gasteiger partial charge in [0.05, 0.1) is 19.0 Å². The van der Waals surface area contributed by atoms with E-state index >= 15 is 0 Å². The monoisotopic (exact) mass is 294 g/mol. The van der Waals surface area contributed by atoms with Crippen LogP contribution in [0.5, 0.6) is 0 Å². The van der Waals surface area contributed by atoms with Crippen LogP contribution < -0.4 is 0 Å². The molecular weight excluding hydrogens is 260 g/mol. The van der Waals surface area contributed by atoms with Crippen molar-refractivity contribution in [1.29, 1.82) is 0 Å². The summed E-state index contributed by atoms with van der Waals surface area (Å²) in [6.07, 6.45) is 17.5. The Balaban J connectivity index is 1.89. The van der Waals surface area contributed by atoms with Crippen molar-refractivity contribution in [2.45, 2.75) is 71.1 Å². The van der Waals surface area contributed by atoms with E-state index in [1.165, 1.54) is 63.6 Å². The van der Waals surface area contributed by atoms with Crippen LogP contribution in [0, 0.1) is 0 Å². The number of hydrogen-bond acceptors (Lipinski definition) is 3. The van der Waals surface area contributed by atoms with Crippen LogP contribution in [0.1, 0.15) is 71.1 Å². The molecule has 3 heteroatoms. The van der Waals surface area contributed by atoms with Crippen molar-refractivity contribution in [3.8, 4) is 0 Å². The van der Waals surface area contributed by atoms with Gasteiger partial charge in [-0.25, -0.2) is 0 Å². The second-order valence-corrected chi connectivity index (χ2v) is 5.93. The smallest absolute Gasteiger partial charge is 0.0991 e. The Morgan fingerprint density at radius 2 is 1.76 bits per heavy atom. The van der Waals surface area contributed by atoms with Crippen LogP contribution >= 0.6 is 0 Å². The lowest BCUT2D eigenvalue weighted by atomic mass is 10.1. The van der Waals surface area contributed by atoms with Gasteiger partial charge in [0.25, 0.3) is 0 Å². The Morgan fingerprint density at radius 3 is 2.52 bits per heavy atom. The quantitative estimate of drug-likeness (QED) is 0.409. The van der Waals surface area contributed by atoms with Crippen LogP contribution in [0.15, 0.2) is 17.1 Å². The number of aliphatic hydroxyl groups excluding tert-OH is 1. The molecule has 122 valence electrons. The predicted molar refractivity (Wildman–Crippen MR) is 91.9 cm³/mol.